The molecule has 36 heavy (non-hydrogen) atoms. The van der Waals surface area contributed by atoms with Crippen LogP contribution in [0.1, 0.15) is 54.9 Å². The average Bonchev–Trinajstić information content (AvgIpc) is 2.81. The van der Waals surface area contributed by atoms with Gasteiger partial charge in [0.05, 0.1) is 20.5 Å². The van der Waals surface area contributed by atoms with Crippen LogP contribution < -0.4 is 83.7 Å². The van der Waals surface area contributed by atoms with Crippen LogP contribution in [0.4, 0.5) is 0 Å². The van der Waals surface area contributed by atoms with Crippen molar-refractivity contribution in [3.05, 3.63) is 59.2 Å². The number of carbonyl (C=O) groups is 1. The van der Waals surface area contributed by atoms with Crippen molar-refractivity contribution in [2.24, 2.45) is 5.92 Å². The van der Waals surface area contributed by atoms with Gasteiger partial charge < -0.3 is 33.7 Å². The molecule has 1 aliphatic heterocycles. The molecule has 0 saturated heterocycles. The van der Waals surface area contributed by atoms with Gasteiger partial charge in [0, 0.05) is 12.5 Å². The van der Waals surface area contributed by atoms with Crippen molar-refractivity contribution in [2.45, 2.75) is 57.7 Å². The largest absolute Gasteiger partial charge is 1.00 e. The van der Waals surface area contributed by atoms with E-state index in [1.54, 1.807) is 0 Å². The minimum Gasteiger partial charge on any atom is -0.790 e. The van der Waals surface area contributed by atoms with Crippen LogP contribution in [-0.2, 0) is 20.3 Å². The van der Waals surface area contributed by atoms with Crippen molar-refractivity contribution in [3.63, 3.8) is 0 Å². The van der Waals surface area contributed by atoms with E-state index < -0.39 is 7.82 Å². The molecule has 1 amide bonds. The summed E-state index contributed by atoms with van der Waals surface area (Å²) in [6, 6.07) is 14.3. The van der Waals surface area contributed by atoms with Gasteiger partial charge in [-0.05, 0) is 80.3 Å². The fraction of sp³-hybridized carbons (Fsp3) is 0.480. The molecule has 11 heteroatoms. The van der Waals surface area contributed by atoms with E-state index in [4.69, 9.17) is 9.47 Å². The SMILES string of the molecule is Cc1ccccc1[C@@H]1CCc2cc(OC3CCC(C(=O)NCCOP(=O)([O-])[O-])CC3)ccc2O1.[Na+].[Na+]. The van der Waals surface area contributed by atoms with Crippen LogP contribution >= 0.6 is 7.82 Å². The number of amides is 1. The van der Waals surface area contributed by atoms with Crippen molar-refractivity contribution >= 4 is 13.7 Å². The maximum atomic E-state index is 12.3. The third-order valence-electron chi connectivity index (χ3n) is 6.51. The first kappa shape index (κ1) is 31.8. The zero-order chi connectivity index (χ0) is 24.1. The Morgan fingerprint density at radius 2 is 1.81 bits per heavy atom. The molecule has 0 spiro atoms. The van der Waals surface area contributed by atoms with Crippen LogP contribution in [0.2, 0.25) is 0 Å². The zero-order valence-electron chi connectivity index (χ0n) is 21.2. The Morgan fingerprint density at radius 1 is 1.08 bits per heavy atom. The Bertz CT molecular complexity index is 1060. The number of hydrogen-bond acceptors (Lipinski definition) is 7. The van der Waals surface area contributed by atoms with Crippen molar-refractivity contribution in [2.75, 3.05) is 13.2 Å². The molecule has 0 unspecified atom stereocenters. The first-order chi connectivity index (χ1) is 16.3. The standard InChI is InChI=1S/C25H32NO7P.2Na/c1-17-4-2-3-5-22(17)24-12-8-19-16-21(11-13-23(19)33-24)32-20-9-6-18(7-10-20)25(27)26-14-15-31-34(28,29)30;;/h2-5,11,13,16,18,20,24H,6-10,12,14-15H2,1H3,(H,26,27)(H2,28,29,30);;/q;2*+1/p-2/t18?,20?,24-;;/m0../s1. The summed E-state index contributed by atoms with van der Waals surface area (Å²) in [7, 11) is -5.00. The van der Waals surface area contributed by atoms with Crippen molar-refractivity contribution < 1.29 is 92.3 Å². The quantitative estimate of drug-likeness (QED) is 0.218. The third-order valence-corrected chi connectivity index (χ3v) is 7.01. The molecule has 8 nitrogen and oxygen atoms in total. The molecule has 2 aliphatic rings. The molecule has 0 radical (unpaired) electrons. The van der Waals surface area contributed by atoms with E-state index in [1.165, 1.54) is 11.1 Å². The maximum Gasteiger partial charge on any atom is 1.00 e. The second-order valence-electron chi connectivity index (χ2n) is 8.93. The van der Waals surface area contributed by atoms with Gasteiger partial charge in [-0.15, -0.1) is 0 Å². The molecule has 2 aromatic carbocycles. The third kappa shape index (κ3) is 9.12. The Labute approximate surface area is 256 Å². The van der Waals surface area contributed by atoms with E-state index in [0.717, 1.165) is 42.7 Å². The number of rotatable bonds is 8. The maximum absolute atomic E-state index is 12.3. The Kier molecular flexibility index (Phi) is 13.0. The van der Waals surface area contributed by atoms with Gasteiger partial charge >= 0.3 is 59.1 Å². The van der Waals surface area contributed by atoms with Gasteiger partial charge in [0.15, 0.2) is 0 Å². The normalized spacial score (nSPS) is 21.1. The van der Waals surface area contributed by atoms with Crippen LogP contribution in [0.15, 0.2) is 42.5 Å². The molecular formula is C25H30NNa2O7P. The van der Waals surface area contributed by atoms with Crippen LogP contribution in [0.25, 0.3) is 0 Å². The number of ether oxygens (including phenoxy) is 2. The molecule has 0 aromatic heterocycles. The van der Waals surface area contributed by atoms with Crippen LogP contribution in [0, 0.1) is 12.8 Å². The van der Waals surface area contributed by atoms with Gasteiger partial charge in [0.1, 0.15) is 17.6 Å². The van der Waals surface area contributed by atoms with Gasteiger partial charge in [-0.25, -0.2) is 0 Å². The van der Waals surface area contributed by atoms with Crippen molar-refractivity contribution in [3.8, 4) is 11.5 Å². The molecule has 1 aliphatic carbocycles. The Balaban J connectivity index is 0.00000228. The molecule has 1 heterocycles. The predicted octanol–water partition coefficient (Wildman–Crippen LogP) is -3.03. The fourth-order valence-corrected chi connectivity index (χ4v) is 5.03. The number of carbonyl (C=O) groups excluding carboxylic acids is 1. The molecule has 1 atom stereocenters. The molecule has 184 valence electrons. The minimum absolute atomic E-state index is 0. The summed E-state index contributed by atoms with van der Waals surface area (Å²) < 4.78 is 27.1. The van der Waals surface area contributed by atoms with Crippen LogP contribution in [0.5, 0.6) is 11.5 Å². The number of nitrogens with one attached hydrogen (secondary N) is 1. The summed E-state index contributed by atoms with van der Waals surface area (Å²) in [5.74, 6) is 1.42. The predicted molar refractivity (Wildman–Crippen MR) is 122 cm³/mol. The molecule has 4 rings (SSSR count). The van der Waals surface area contributed by atoms with E-state index in [9.17, 15) is 19.1 Å². The number of benzene rings is 2. The monoisotopic (exact) mass is 533 g/mol. The first-order valence-corrected chi connectivity index (χ1v) is 13.2. The molecule has 1 N–H and O–H groups in total. The summed E-state index contributed by atoms with van der Waals surface area (Å²) in [4.78, 5) is 33.1. The van der Waals surface area contributed by atoms with Gasteiger partial charge in [-0.2, -0.15) is 0 Å². The van der Waals surface area contributed by atoms with Crippen molar-refractivity contribution in [1.29, 1.82) is 0 Å². The van der Waals surface area contributed by atoms with E-state index in [1.807, 2.05) is 24.3 Å². The van der Waals surface area contributed by atoms with E-state index in [-0.39, 0.29) is 96.3 Å². The number of aryl methyl sites for hydroxylation is 2. The van der Waals surface area contributed by atoms with Crippen LogP contribution in [0.3, 0.4) is 0 Å². The first-order valence-electron chi connectivity index (χ1n) is 11.7. The topological polar surface area (TPSA) is 120 Å². The second kappa shape index (κ2) is 14.7. The van der Waals surface area contributed by atoms with Gasteiger partial charge in [0.2, 0.25) is 5.91 Å². The summed E-state index contributed by atoms with van der Waals surface area (Å²) in [6.45, 7) is 1.76. The van der Waals surface area contributed by atoms with Crippen LogP contribution in [-0.4, -0.2) is 25.2 Å². The van der Waals surface area contributed by atoms with Gasteiger partial charge in [0.25, 0.3) is 0 Å². The fourth-order valence-electron chi connectivity index (χ4n) is 4.72. The number of phosphoric ester groups is 1. The Morgan fingerprint density at radius 3 is 2.50 bits per heavy atom. The summed E-state index contributed by atoms with van der Waals surface area (Å²) in [6.07, 6.45) is 4.85. The average molecular weight is 533 g/mol. The Hall–Kier alpha value is -0.380. The van der Waals surface area contributed by atoms with E-state index in [2.05, 4.69) is 35.0 Å². The molecule has 1 fully saturated rings. The summed E-state index contributed by atoms with van der Waals surface area (Å²) in [5, 5.41) is 2.62. The van der Waals surface area contributed by atoms with E-state index in [0.29, 0.717) is 12.8 Å². The van der Waals surface area contributed by atoms with Gasteiger partial charge in [-0.3, -0.25) is 4.79 Å². The summed E-state index contributed by atoms with van der Waals surface area (Å²) >= 11 is 0. The summed E-state index contributed by atoms with van der Waals surface area (Å²) in [5.41, 5.74) is 3.63. The number of fused-ring (bicyclic) bond motifs is 1. The zero-order valence-corrected chi connectivity index (χ0v) is 26.1. The molecular weight excluding hydrogens is 503 g/mol. The number of hydrogen-bond donors (Lipinski definition) is 1. The second-order valence-corrected chi connectivity index (χ2v) is 10.1. The minimum atomic E-state index is -5.00. The molecule has 1 saturated carbocycles. The van der Waals surface area contributed by atoms with E-state index >= 15 is 0 Å². The van der Waals surface area contributed by atoms with Gasteiger partial charge in [-0.1, -0.05) is 24.3 Å². The van der Waals surface area contributed by atoms with Crippen molar-refractivity contribution in [1.82, 2.24) is 5.32 Å². The molecule has 0 bridgehead atoms. The smallest absolute Gasteiger partial charge is 0.790 e. The molecule has 2 aromatic rings. The number of phosphoric acid groups is 1.